The van der Waals surface area contributed by atoms with Crippen molar-refractivity contribution in [2.45, 2.75) is 25.0 Å². The van der Waals surface area contributed by atoms with Crippen LogP contribution in [0.3, 0.4) is 0 Å². The second kappa shape index (κ2) is 3.72. The summed E-state index contributed by atoms with van der Waals surface area (Å²) in [7, 11) is 0. The molecule has 4 heteroatoms. The molecule has 0 unspecified atom stereocenters. The minimum Gasteiger partial charge on any atom is -0.473 e. The van der Waals surface area contributed by atoms with Crippen molar-refractivity contribution in [2.24, 2.45) is 5.73 Å². The number of rotatable bonds is 2. The third-order valence-electron chi connectivity index (χ3n) is 2.95. The average Bonchev–Trinajstić information content (AvgIpc) is 2.27. The van der Waals surface area contributed by atoms with Gasteiger partial charge in [-0.05, 0) is 18.9 Å². The van der Waals surface area contributed by atoms with Crippen molar-refractivity contribution in [3.05, 3.63) is 30.5 Å². The number of nitrogens with two attached hydrogens (primary N) is 1. The normalized spacial score (nSPS) is 24.1. The highest BCUT2D eigenvalue weighted by atomic mass is 16.5. The Labute approximate surface area is 93.4 Å². The molecule has 0 spiro atoms. The molecule has 1 aliphatic carbocycles. The second-order valence-corrected chi connectivity index (χ2v) is 4.21. The number of ether oxygens (including phenoxy) is 1. The molecule has 1 aromatic carbocycles. The summed E-state index contributed by atoms with van der Waals surface area (Å²) >= 11 is 0. The summed E-state index contributed by atoms with van der Waals surface area (Å²) in [6, 6.07) is 8.24. The van der Waals surface area contributed by atoms with Gasteiger partial charge in [0.25, 0.3) is 0 Å². The summed E-state index contributed by atoms with van der Waals surface area (Å²) in [6.07, 6.45) is 3.76. The highest BCUT2D eigenvalue weighted by molar-refractivity contribution is 5.85. The van der Waals surface area contributed by atoms with Gasteiger partial charge in [0.1, 0.15) is 6.10 Å². The van der Waals surface area contributed by atoms with E-state index in [2.05, 4.69) is 10.2 Å². The van der Waals surface area contributed by atoms with Crippen molar-refractivity contribution in [3.63, 3.8) is 0 Å². The molecule has 0 aliphatic heterocycles. The van der Waals surface area contributed by atoms with Crippen molar-refractivity contribution < 1.29 is 4.74 Å². The van der Waals surface area contributed by atoms with E-state index in [4.69, 9.17) is 10.5 Å². The predicted molar refractivity (Wildman–Crippen MR) is 61.2 cm³/mol. The first-order valence-electron chi connectivity index (χ1n) is 5.45. The first-order chi connectivity index (χ1) is 7.83. The maximum Gasteiger partial charge on any atom is 0.241 e. The van der Waals surface area contributed by atoms with E-state index in [-0.39, 0.29) is 12.1 Å². The van der Waals surface area contributed by atoms with Crippen molar-refractivity contribution in [1.29, 1.82) is 0 Å². The maximum atomic E-state index is 5.78. The van der Waals surface area contributed by atoms with Gasteiger partial charge in [0.15, 0.2) is 0 Å². The quantitative estimate of drug-likeness (QED) is 0.824. The molecular formula is C12H13N3O. The van der Waals surface area contributed by atoms with Gasteiger partial charge in [-0.15, -0.1) is 5.10 Å². The third-order valence-corrected chi connectivity index (χ3v) is 2.95. The van der Waals surface area contributed by atoms with Crippen molar-refractivity contribution in [3.8, 4) is 5.88 Å². The van der Waals surface area contributed by atoms with Crippen LogP contribution in [0, 0.1) is 0 Å². The molecule has 1 saturated carbocycles. The van der Waals surface area contributed by atoms with Crippen LogP contribution in [0.25, 0.3) is 10.8 Å². The number of benzene rings is 1. The van der Waals surface area contributed by atoms with E-state index >= 15 is 0 Å². The molecule has 4 nitrogen and oxygen atoms in total. The molecule has 2 aromatic rings. The minimum absolute atomic E-state index is 0.204. The zero-order valence-corrected chi connectivity index (χ0v) is 8.84. The monoisotopic (exact) mass is 215 g/mol. The van der Waals surface area contributed by atoms with Gasteiger partial charge < -0.3 is 10.5 Å². The zero-order valence-electron chi connectivity index (χ0n) is 8.84. The van der Waals surface area contributed by atoms with Crippen LogP contribution >= 0.6 is 0 Å². The fourth-order valence-electron chi connectivity index (χ4n) is 1.95. The molecule has 82 valence electrons. The molecule has 1 heterocycles. The molecule has 1 fully saturated rings. The SMILES string of the molecule is NC1CC(Oc2nncc3ccccc23)C1. The Balaban J connectivity index is 1.91. The van der Waals surface area contributed by atoms with Crippen LogP contribution in [0.5, 0.6) is 5.88 Å². The van der Waals surface area contributed by atoms with Gasteiger partial charge in [-0.1, -0.05) is 18.2 Å². The molecule has 3 rings (SSSR count). The molecule has 0 atom stereocenters. The Morgan fingerprint density at radius 2 is 2.06 bits per heavy atom. The van der Waals surface area contributed by atoms with E-state index in [1.165, 1.54) is 0 Å². The average molecular weight is 215 g/mol. The van der Waals surface area contributed by atoms with Crippen LogP contribution in [-0.4, -0.2) is 22.3 Å². The second-order valence-electron chi connectivity index (χ2n) is 4.21. The summed E-state index contributed by atoms with van der Waals surface area (Å²) < 4.78 is 5.78. The fourth-order valence-corrected chi connectivity index (χ4v) is 1.95. The topological polar surface area (TPSA) is 61.0 Å². The summed E-state index contributed by atoms with van der Waals surface area (Å²) in [6.45, 7) is 0. The van der Waals surface area contributed by atoms with Crippen LogP contribution in [0.1, 0.15) is 12.8 Å². The van der Waals surface area contributed by atoms with Crippen LogP contribution in [0.2, 0.25) is 0 Å². The van der Waals surface area contributed by atoms with Gasteiger partial charge in [0.05, 0.1) is 6.20 Å². The van der Waals surface area contributed by atoms with E-state index in [9.17, 15) is 0 Å². The fraction of sp³-hybridized carbons (Fsp3) is 0.333. The smallest absolute Gasteiger partial charge is 0.241 e. The first-order valence-corrected chi connectivity index (χ1v) is 5.45. The molecule has 2 N–H and O–H groups in total. The van der Waals surface area contributed by atoms with E-state index in [0.29, 0.717) is 5.88 Å². The maximum absolute atomic E-state index is 5.78. The molecule has 0 saturated heterocycles. The van der Waals surface area contributed by atoms with Gasteiger partial charge in [-0.3, -0.25) is 0 Å². The summed E-state index contributed by atoms with van der Waals surface area (Å²) in [4.78, 5) is 0. The van der Waals surface area contributed by atoms with E-state index < -0.39 is 0 Å². The van der Waals surface area contributed by atoms with Crippen LogP contribution < -0.4 is 10.5 Å². The number of hydrogen-bond donors (Lipinski definition) is 1. The molecule has 16 heavy (non-hydrogen) atoms. The molecule has 0 amide bonds. The lowest BCUT2D eigenvalue weighted by atomic mass is 9.90. The molecule has 0 bridgehead atoms. The summed E-state index contributed by atoms with van der Waals surface area (Å²) in [5.41, 5.74) is 5.72. The Bertz CT molecular complexity index is 503. The lowest BCUT2D eigenvalue weighted by Crippen LogP contribution is -2.43. The van der Waals surface area contributed by atoms with E-state index in [1.54, 1.807) is 6.20 Å². The Morgan fingerprint density at radius 1 is 1.25 bits per heavy atom. The third kappa shape index (κ3) is 1.61. The van der Waals surface area contributed by atoms with Crippen LogP contribution in [0.15, 0.2) is 30.5 Å². The molecule has 1 aromatic heterocycles. The largest absolute Gasteiger partial charge is 0.473 e. The van der Waals surface area contributed by atoms with Crippen molar-refractivity contribution in [2.75, 3.05) is 0 Å². The van der Waals surface area contributed by atoms with Gasteiger partial charge in [-0.25, -0.2) is 0 Å². The van der Waals surface area contributed by atoms with Gasteiger partial charge >= 0.3 is 0 Å². The standard InChI is InChI=1S/C12H13N3O/c13-9-5-10(6-9)16-12-11-4-2-1-3-8(11)7-14-15-12/h1-4,7,9-10H,5-6,13H2. The van der Waals surface area contributed by atoms with E-state index in [1.807, 2.05) is 24.3 Å². The van der Waals surface area contributed by atoms with Crippen molar-refractivity contribution in [1.82, 2.24) is 10.2 Å². The van der Waals surface area contributed by atoms with Crippen LogP contribution in [-0.2, 0) is 0 Å². The van der Waals surface area contributed by atoms with Gasteiger partial charge in [0.2, 0.25) is 5.88 Å². The molecule has 0 radical (unpaired) electrons. The lowest BCUT2D eigenvalue weighted by Gasteiger charge is -2.32. The highest BCUT2D eigenvalue weighted by Crippen LogP contribution is 2.27. The number of fused-ring (bicyclic) bond motifs is 1. The van der Waals surface area contributed by atoms with Gasteiger partial charge in [-0.2, -0.15) is 5.10 Å². The van der Waals surface area contributed by atoms with Gasteiger partial charge in [0, 0.05) is 16.8 Å². The Morgan fingerprint density at radius 3 is 2.88 bits per heavy atom. The van der Waals surface area contributed by atoms with Crippen molar-refractivity contribution >= 4 is 10.8 Å². The van der Waals surface area contributed by atoms with Crippen LogP contribution in [0.4, 0.5) is 0 Å². The number of nitrogens with zero attached hydrogens (tertiary/aromatic N) is 2. The zero-order chi connectivity index (χ0) is 11.0. The van der Waals surface area contributed by atoms with E-state index in [0.717, 1.165) is 23.6 Å². The minimum atomic E-state index is 0.204. The number of hydrogen-bond acceptors (Lipinski definition) is 4. The Kier molecular flexibility index (Phi) is 2.22. The molecular weight excluding hydrogens is 202 g/mol. The Hall–Kier alpha value is -1.68. The summed E-state index contributed by atoms with van der Waals surface area (Å²) in [5, 5.41) is 10.0. The number of aromatic nitrogens is 2. The predicted octanol–water partition coefficient (Wildman–Crippen LogP) is 1.50. The summed E-state index contributed by atoms with van der Waals surface area (Å²) in [5.74, 6) is 0.620. The lowest BCUT2D eigenvalue weighted by molar-refractivity contribution is 0.0966. The highest BCUT2D eigenvalue weighted by Gasteiger charge is 2.28. The molecule has 1 aliphatic rings. The first kappa shape index (κ1) is 9.54.